The lowest BCUT2D eigenvalue weighted by Crippen LogP contribution is -2.39. The highest BCUT2D eigenvalue weighted by molar-refractivity contribution is 5.97. The average molecular weight is 355 g/mol. The van der Waals surface area contributed by atoms with E-state index in [1.807, 2.05) is 12.1 Å². The topological polar surface area (TPSA) is 79.9 Å². The van der Waals surface area contributed by atoms with E-state index in [4.69, 9.17) is 9.47 Å². The Morgan fingerprint density at radius 3 is 2.50 bits per heavy atom. The van der Waals surface area contributed by atoms with Crippen LogP contribution in [0.3, 0.4) is 0 Å². The fraction of sp³-hybridized carbons (Fsp3) is 0.263. The van der Waals surface area contributed by atoms with Crippen LogP contribution in [0.15, 0.2) is 48.5 Å². The van der Waals surface area contributed by atoms with E-state index in [-0.39, 0.29) is 24.4 Å². The Morgan fingerprint density at radius 2 is 1.81 bits per heavy atom. The van der Waals surface area contributed by atoms with Gasteiger partial charge in [0.15, 0.2) is 0 Å². The van der Waals surface area contributed by atoms with Crippen molar-refractivity contribution in [2.45, 2.75) is 12.5 Å². The van der Waals surface area contributed by atoms with E-state index < -0.39 is 0 Å². The number of hydrogen-bond donors (Lipinski definition) is 2. The van der Waals surface area contributed by atoms with Gasteiger partial charge in [-0.05, 0) is 36.4 Å². The molecule has 0 radical (unpaired) electrons. The second-order valence-electron chi connectivity index (χ2n) is 5.93. The molecule has 0 saturated carbocycles. The SMILES string of the molecule is COc1ccc(N2CC(NC(=O)Nc3cccc(OC)c3)CC2=O)cc1. The first-order valence-corrected chi connectivity index (χ1v) is 8.25. The maximum absolute atomic E-state index is 12.3. The molecule has 7 heteroatoms. The van der Waals surface area contributed by atoms with Crippen LogP contribution in [0.1, 0.15) is 6.42 Å². The number of ether oxygens (including phenoxy) is 2. The van der Waals surface area contributed by atoms with Gasteiger partial charge in [-0.15, -0.1) is 0 Å². The Morgan fingerprint density at radius 1 is 1.08 bits per heavy atom. The van der Waals surface area contributed by atoms with Crippen LogP contribution in [0.5, 0.6) is 11.5 Å². The monoisotopic (exact) mass is 355 g/mol. The van der Waals surface area contributed by atoms with Gasteiger partial charge in [-0.3, -0.25) is 4.79 Å². The zero-order valence-corrected chi connectivity index (χ0v) is 14.7. The van der Waals surface area contributed by atoms with Gasteiger partial charge in [0, 0.05) is 30.4 Å². The second-order valence-corrected chi connectivity index (χ2v) is 5.93. The van der Waals surface area contributed by atoms with Crippen LogP contribution in [0, 0.1) is 0 Å². The first-order chi connectivity index (χ1) is 12.6. The molecule has 1 fully saturated rings. The summed E-state index contributed by atoms with van der Waals surface area (Å²) < 4.78 is 10.3. The second kappa shape index (κ2) is 7.77. The third kappa shape index (κ3) is 4.05. The molecular weight excluding hydrogens is 334 g/mol. The third-order valence-corrected chi connectivity index (χ3v) is 4.17. The minimum atomic E-state index is -0.354. The van der Waals surface area contributed by atoms with Crippen molar-refractivity contribution in [2.75, 3.05) is 31.0 Å². The normalized spacial score (nSPS) is 16.3. The molecular formula is C19H21N3O4. The van der Waals surface area contributed by atoms with Crippen LogP contribution < -0.4 is 25.0 Å². The van der Waals surface area contributed by atoms with Crippen molar-refractivity contribution in [3.05, 3.63) is 48.5 Å². The fourth-order valence-electron chi connectivity index (χ4n) is 2.87. The molecule has 26 heavy (non-hydrogen) atoms. The molecule has 1 saturated heterocycles. The van der Waals surface area contributed by atoms with Gasteiger partial charge >= 0.3 is 6.03 Å². The Balaban J connectivity index is 1.58. The highest BCUT2D eigenvalue weighted by Gasteiger charge is 2.31. The smallest absolute Gasteiger partial charge is 0.319 e. The summed E-state index contributed by atoms with van der Waals surface area (Å²) in [4.78, 5) is 26.1. The van der Waals surface area contributed by atoms with E-state index >= 15 is 0 Å². The molecule has 2 N–H and O–H groups in total. The fourth-order valence-corrected chi connectivity index (χ4v) is 2.87. The Labute approximate surface area is 151 Å². The van der Waals surface area contributed by atoms with Crippen molar-refractivity contribution in [1.29, 1.82) is 0 Å². The molecule has 0 bridgehead atoms. The summed E-state index contributed by atoms with van der Waals surface area (Å²) in [5.74, 6) is 1.36. The number of hydrogen-bond acceptors (Lipinski definition) is 4. The number of urea groups is 1. The molecule has 0 aliphatic carbocycles. The van der Waals surface area contributed by atoms with Crippen molar-refractivity contribution < 1.29 is 19.1 Å². The van der Waals surface area contributed by atoms with Crippen LogP contribution in [0.4, 0.5) is 16.2 Å². The van der Waals surface area contributed by atoms with Crippen molar-refractivity contribution in [3.63, 3.8) is 0 Å². The number of methoxy groups -OCH3 is 2. The summed E-state index contributed by atoms with van der Waals surface area (Å²) in [6, 6.07) is 13.7. The number of carbonyl (C=O) groups excluding carboxylic acids is 2. The molecule has 0 aromatic heterocycles. The van der Waals surface area contributed by atoms with Gasteiger partial charge in [-0.1, -0.05) is 6.07 Å². The molecule has 2 aromatic rings. The molecule has 0 spiro atoms. The largest absolute Gasteiger partial charge is 0.497 e. The predicted octanol–water partition coefficient (Wildman–Crippen LogP) is 2.63. The number of benzene rings is 2. The summed E-state index contributed by atoms with van der Waals surface area (Å²) in [7, 11) is 3.16. The van der Waals surface area contributed by atoms with Crippen LogP contribution in [-0.2, 0) is 4.79 Å². The number of amides is 3. The van der Waals surface area contributed by atoms with Gasteiger partial charge in [0.1, 0.15) is 11.5 Å². The predicted molar refractivity (Wildman–Crippen MR) is 98.9 cm³/mol. The Bertz CT molecular complexity index is 792. The van der Waals surface area contributed by atoms with E-state index in [2.05, 4.69) is 10.6 Å². The summed E-state index contributed by atoms with van der Waals surface area (Å²) in [5.41, 5.74) is 1.41. The molecule has 3 rings (SSSR count). The Kier molecular flexibility index (Phi) is 5.26. The standard InChI is InChI=1S/C19H21N3O4/c1-25-16-8-6-15(7-9-16)22-12-14(11-18(22)23)21-19(24)20-13-4-3-5-17(10-13)26-2/h3-10,14H,11-12H2,1-2H3,(H2,20,21,24). The Hall–Kier alpha value is -3.22. The molecule has 1 unspecified atom stereocenters. The molecule has 1 aliphatic rings. The first kappa shape index (κ1) is 17.6. The minimum Gasteiger partial charge on any atom is -0.497 e. The lowest BCUT2D eigenvalue weighted by molar-refractivity contribution is -0.117. The average Bonchev–Trinajstić information content (AvgIpc) is 3.01. The van der Waals surface area contributed by atoms with E-state index in [9.17, 15) is 9.59 Å². The van der Waals surface area contributed by atoms with Crippen LogP contribution in [0.2, 0.25) is 0 Å². The van der Waals surface area contributed by atoms with Crippen molar-refractivity contribution in [2.24, 2.45) is 0 Å². The summed E-state index contributed by atoms with van der Waals surface area (Å²) in [6.07, 6.45) is 0.261. The molecule has 7 nitrogen and oxygen atoms in total. The van der Waals surface area contributed by atoms with Gasteiger partial charge < -0.3 is 25.0 Å². The quantitative estimate of drug-likeness (QED) is 0.864. The zero-order valence-electron chi connectivity index (χ0n) is 14.7. The van der Waals surface area contributed by atoms with E-state index in [1.54, 1.807) is 55.5 Å². The highest BCUT2D eigenvalue weighted by atomic mass is 16.5. The lowest BCUT2D eigenvalue weighted by Gasteiger charge is -2.18. The van der Waals surface area contributed by atoms with Crippen molar-refractivity contribution >= 4 is 23.3 Å². The van der Waals surface area contributed by atoms with Gasteiger partial charge in [0.2, 0.25) is 5.91 Å². The van der Waals surface area contributed by atoms with E-state index in [0.29, 0.717) is 18.0 Å². The van der Waals surface area contributed by atoms with Gasteiger partial charge in [0.25, 0.3) is 0 Å². The summed E-state index contributed by atoms with van der Waals surface area (Å²) >= 11 is 0. The van der Waals surface area contributed by atoms with Gasteiger partial charge in [-0.25, -0.2) is 4.79 Å². The van der Waals surface area contributed by atoms with Crippen LogP contribution in [-0.4, -0.2) is 38.7 Å². The number of nitrogens with one attached hydrogen (secondary N) is 2. The summed E-state index contributed by atoms with van der Waals surface area (Å²) in [6.45, 7) is 0.427. The van der Waals surface area contributed by atoms with Crippen molar-refractivity contribution in [3.8, 4) is 11.5 Å². The molecule has 1 atom stereocenters. The zero-order chi connectivity index (χ0) is 18.5. The van der Waals surface area contributed by atoms with Gasteiger partial charge in [-0.2, -0.15) is 0 Å². The summed E-state index contributed by atoms with van der Waals surface area (Å²) in [5, 5.41) is 5.59. The van der Waals surface area contributed by atoms with Crippen molar-refractivity contribution in [1.82, 2.24) is 5.32 Å². The maximum Gasteiger partial charge on any atom is 0.319 e. The van der Waals surface area contributed by atoms with E-state index in [1.165, 1.54) is 0 Å². The van der Waals surface area contributed by atoms with Gasteiger partial charge in [0.05, 0.1) is 20.3 Å². The highest BCUT2D eigenvalue weighted by Crippen LogP contribution is 2.24. The maximum atomic E-state index is 12.3. The first-order valence-electron chi connectivity index (χ1n) is 8.25. The number of nitrogens with zero attached hydrogens (tertiary/aromatic N) is 1. The molecule has 2 aromatic carbocycles. The lowest BCUT2D eigenvalue weighted by atomic mass is 10.2. The van der Waals surface area contributed by atoms with E-state index in [0.717, 1.165) is 11.4 Å². The molecule has 3 amide bonds. The molecule has 136 valence electrons. The number of rotatable bonds is 5. The number of anilines is 2. The third-order valence-electron chi connectivity index (χ3n) is 4.17. The van der Waals surface area contributed by atoms with Crippen LogP contribution >= 0.6 is 0 Å². The number of carbonyl (C=O) groups is 2. The molecule has 1 aliphatic heterocycles. The minimum absolute atomic E-state index is 0.0261. The molecule has 1 heterocycles. The van der Waals surface area contributed by atoms with Crippen LogP contribution in [0.25, 0.3) is 0 Å².